The molecule has 1 atom stereocenters. The molecule has 1 aliphatic rings. The van der Waals surface area contributed by atoms with Crippen molar-refractivity contribution < 1.29 is 19.1 Å². The van der Waals surface area contributed by atoms with E-state index in [0.29, 0.717) is 18.8 Å². The van der Waals surface area contributed by atoms with Gasteiger partial charge < -0.3 is 14.8 Å². The minimum Gasteiger partial charge on any atom is -0.497 e. The molecular weight excluding hydrogens is 330 g/mol. The number of aryl methyl sites for hydroxylation is 1. The number of esters is 1. The van der Waals surface area contributed by atoms with Gasteiger partial charge in [0.05, 0.1) is 20.1 Å². The van der Waals surface area contributed by atoms with E-state index in [2.05, 4.69) is 12.2 Å². The Hall–Kier alpha value is -2.04. The second-order valence-electron chi connectivity index (χ2n) is 7.36. The van der Waals surface area contributed by atoms with Crippen LogP contribution in [0.15, 0.2) is 18.2 Å². The van der Waals surface area contributed by atoms with E-state index in [0.717, 1.165) is 36.1 Å². The Morgan fingerprint density at radius 3 is 2.42 bits per heavy atom. The summed E-state index contributed by atoms with van der Waals surface area (Å²) in [4.78, 5) is 25.4. The van der Waals surface area contributed by atoms with Crippen LogP contribution in [0.4, 0.5) is 0 Å². The highest BCUT2D eigenvalue weighted by molar-refractivity contribution is 5.91. The van der Waals surface area contributed by atoms with Crippen molar-refractivity contribution in [2.24, 2.45) is 5.92 Å². The Kier molecular flexibility index (Phi) is 6.68. The normalized spacial score (nSPS) is 23.8. The van der Waals surface area contributed by atoms with E-state index in [-0.39, 0.29) is 17.8 Å². The minimum absolute atomic E-state index is 0.140. The molecule has 1 N–H and O–H groups in total. The van der Waals surface area contributed by atoms with Crippen molar-refractivity contribution in [3.63, 3.8) is 0 Å². The van der Waals surface area contributed by atoms with Crippen LogP contribution in [0.2, 0.25) is 0 Å². The molecule has 0 aliphatic heterocycles. The molecule has 1 aromatic carbocycles. The zero-order valence-corrected chi connectivity index (χ0v) is 16.6. The molecule has 5 heteroatoms. The first-order valence-electron chi connectivity index (χ1n) is 9.41. The third-order valence-electron chi connectivity index (χ3n) is 5.81. The SMILES string of the molecule is CCC1CCC(NC(=O)C(C)c2ccc(OC)cc2C)(C(=O)OC)CC1. The van der Waals surface area contributed by atoms with Crippen LogP contribution in [-0.4, -0.2) is 31.6 Å². The van der Waals surface area contributed by atoms with Crippen LogP contribution in [0.25, 0.3) is 0 Å². The summed E-state index contributed by atoms with van der Waals surface area (Å²) in [6.45, 7) is 6.00. The van der Waals surface area contributed by atoms with E-state index >= 15 is 0 Å². The molecule has 1 aromatic rings. The molecule has 0 saturated heterocycles. The van der Waals surface area contributed by atoms with Crippen LogP contribution < -0.4 is 10.1 Å². The molecule has 1 saturated carbocycles. The first-order chi connectivity index (χ1) is 12.4. The van der Waals surface area contributed by atoms with Gasteiger partial charge >= 0.3 is 5.97 Å². The topological polar surface area (TPSA) is 64.6 Å². The van der Waals surface area contributed by atoms with Crippen LogP contribution in [0.1, 0.15) is 63.0 Å². The van der Waals surface area contributed by atoms with E-state index < -0.39 is 5.54 Å². The summed E-state index contributed by atoms with van der Waals surface area (Å²) < 4.78 is 10.3. The maximum atomic E-state index is 12.9. The summed E-state index contributed by atoms with van der Waals surface area (Å²) in [6.07, 6.45) is 4.24. The molecule has 144 valence electrons. The Balaban J connectivity index is 2.18. The number of ether oxygens (including phenoxy) is 2. The van der Waals surface area contributed by atoms with E-state index in [1.165, 1.54) is 7.11 Å². The summed E-state index contributed by atoms with van der Waals surface area (Å²) in [7, 11) is 3.01. The second kappa shape index (κ2) is 8.56. The molecule has 0 bridgehead atoms. The number of carbonyl (C=O) groups excluding carboxylic acids is 2. The highest BCUT2D eigenvalue weighted by Crippen LogP contribution is 2.35. The predicted molar refractivity (Wildman–Crippen MR) is 101 cm³/mol. The monoisotopic (exact) mass is 361 g/mol. The van der Waals surface area contributed by atoms with Gasteiger partial charge in [-0.3, -0.25) is 4.79 Å². The van der Waals surface area contributed by atoms with Gasteiger partial charge in [-0.05, 0) is 68.7 Å². The highest BCUT2D eigenvalue weighted by atomic mass is 16.5. The summed E-state index contributed by atoms with van der Waals surface area (Å²) >= 11 is 0. The van der Waals surface area contributed by atoms with Crippen molar-refractivity contribution in [1.82, 2.24) is 5.32 Å². The quantitative estimate of drug-likeness (QED) is 0.784. The first-order valence-corrected chi connectivity index (χ1v) is 9.41. The van der Waals surface area contributed by atoms with Gasteiger partial charge in [0.2, 0.25) is 5.91 Å². The zero-order chi connectivity index (χ0) is 19.3. The molecular formula is C21H31NO4. The number of rotatable bonds is 6. The number of carbonyl (C=O) groups is 2. The van der Waals surface area contributed by atoms with E-state index in [4.69, 9.17) is 9.47 Å². The number of hydrogen-bond donors (Lipinski definition) is 1. The average molecular weight is 361 g/mol. The number of amides is 1. The summed E-state index contributed by atoms with van der Waals surface area (Å²) in [5.74, 6) is 0.553. The number of nitrogens with one attached hydrogen (secondary N) is 1. The fourth-order valence-electron chi connectivity index (χ4n) is 3.90. The van der Waals surface area contributed by atoms with Crippen LogP contribution in [0, 0.1) is 12.8 Å². The molecule has 2 rings (SSSR count). The third-order valence-corrected chi connectivity index (χ3v) is 5.81. The maximum Gasteiger partial charge on any atom is 0.331 e. The van der Waals surface area contributed by atoms with Gasteiger partial charge in [-0.1, -0.05) is 19.4 Å². The molecule has 5 nitrogen and oxygen atoms in total. The molecule has 0 aromatic heterocycles. The van der Waals surface area contributed by atoms with Crippen molar-refractivity contribution in [3.8, 4) is 5.75 Å². The third kappa shape index (κ3) is 4.19. The van der Waals surface area contributed by atoms with E-state index in [9.17, 15) is 9.59 Å². The van der Waals surface area contributed by atoms with Gasteiger partial charge in [0.25, 0.3) is 0 Å². The van der Waals surface area contributed by atoms with Crippen LogP contribution >= 0.6 is 0 Å². The lowest BCUT2D eigenvalue weighted by molar-refractivity contribution is -0.153. The van der Waals surface area contributed by atoms with E-state index in [1.54, 1.807) is 7.11 Å². The maximum absolute atomic E-state index is 12.9. The summed E-state index contributed by atoms with van der Waals surface area (Å²) in [5, 5.41) is 3.04. The summed E-state index contributed by atoms with van der Waals surface area (Å²) in [5.41, 5.74) is 1.03. The lowest BCUT2D eigenvalue weighted by Gasteiger charge is -2.38. The Morgan fingerprint density at radius 2 is 1.92 bits per heavy atom. The first kappa shape index (κ1) is 20.3. The second-order valence-corrected chi connectivity index (χ2v) is 7.36. The molecule has 1 amide bonds. The van der Waals surface area contributed by atoms with Crippen molar-refractivity contribution in [3.05, 3.63) is 29.3 Å². The Bertz CT molecular complexity index is 647. The fourth-order valence-corrected chi connectivity index (χ4v) is 3.90. The minimum atomic E-state index is -0.897. The van der Waals surface area contributed by atoms with Gasteiger partial charge in [0.1, 0.15) is 11.3 Å². The van der Waals surface area contributed by atoms with E-state index in [1.807, 2.05) is 32.0 Å². The molecule has 26 heavy (non-hydrogen) atoms. The van der Waals surface area contributed by atoms with Gasteiger partial charge in [0.15, 0.2) is 0 Å². The lowest BCUT2D eigenvalue weighted by atomic mass is 9.75. The molecule has 1 fully saturated rings. The van der Waals surface area contributed by atoms with Crippen molar-refractivity contribution in [2.45, 2.75) is 64.3 Å². The average Bonchev–Trinajstić information content (AvgIpc) is 2.67. The largest absolute Gasteiger partial charge is 0.497 e. The smallest absolute Gasteiger partial charge is 0.331 e. The predicted octanol–water partition coefficient (Wildman–Crippen LogP) is 3.74. The summed E-state index contributed by atoms with van der Waals surface area (Å²) in [6, 6.07) is 5.69. The van der Waals surface area contributed by atoms with Gasteiger partial charge in [-0.15, -0.1) is 0 Å². The molecule has 1 aliphatic carbocycles. The molecule has 0 heterocycles. The molecule has 0 radical (unpaired) electrons. The van der Waals surface area contributed by atoms with Crippen molar-refractivity contribution in [2.75, 3.05) is 14.2 Å². The van der Waals surface area contributed by atoms with Crippen LogP contribution in [0.5, 0.6) is 5.75 Å². The highest BCUT2D eigenvalue weighted by Gasteiger charge is 2.44. The van der Waals surface area contributed by atoms with Crippen molar-refractivity contribution >= 4 is 11.9 Å². The molecule has 0 spiro atoms. The zero-order valence-electron chi connectivity index (χ0n) is 16.6. The fraction of sp³-hybridized carbons (Fsp3) is 0.619. The molecule has 1 unspecified atom stereocenters. The van der Waals surface area contributed by atoms with Gasteiger partial charge in [0, 0.05) is 0 Å². The number of methoxy groups -OCH3 is 2. The number of benzene rings is 1. The Morgan fingerprint density at radius 1 is 1.27 bits per heavy atom. The van der Waals surface area contributed by atoms with Gasteiger partial charge in [-0.2, -0.15) is 0 Å². The van der Waals surface area contributed by atoms with Crippen LogP contribution in [-0.2, 0) is 14.3 Å². The standard InChI is InChI=1S/C21H31NO4/c1-6-16-9-11-21(12-10-16,20(24)26-5)22-19(23)15(3)18-8-7-17(25-4)13-14(18)2/h7-8,13,15-16H,6,9-12H2,1-5H3,(H,22,23). The van der Waals surface area contributed by atoms with Crippen molar-refractivity contribution in [1.29, 1.82) is 0 Å². The lowest BCUT2D eigenvalue weighted by Crippen LogP contribution is -2.57. The van der Waals surface area contributed by atoms with Crippen LogP contribution in [0.3, 0.4) is 0 Å². The number of hydrogen-bond acceptors (Lipinski definition) is 4. The van der Waals surface area contributed by atoms with Gasteiger partial charge in [-0.25, -0.2) is 4.79 Å². The Labute approximate surface area is 156 Å².